The summed E-state index contributed by atoms with van der Waals surface area (Å²) in [6, 6.07) is 15.0. The van der Waals surface area contributed by atoms with Crippen LogP contribution in [0.3, 0.4) is 0 Å². The first kappa shape index (κ1) is 18.7. The van der Waals surface area contributed by atoms with Crippen molar-refractivity contribution in [2.75, 3.05) is 16.8 Å². The second-order valence-corrected chi connectivity index (χ2v) is 6.19. The summed E-state index contributed by atoms with van der Waals surface area (Å²) in [5, 5.41) is 2.64. The maximum atomic E-state index is 12.7. The summed E-state index contributed by atoms with van der Waals surface area (Å²) in [5.74, 6) is -1.62. The zero-order chi connectivity index (χ0) is 19.4. The van der Waals surface area contributed by atoms with E-state index in [2.05, 4.69) is 5.32 Å². The van der Waals surface area contributed by atoms with Crippen LogP contribution < -0.4 is 10.2 Å². The van der Waals surface area contributed by atoms with E-state index in [0.717, 1.165) is 11.3 Å². The summed E-state index contributed by atoms with van der Waals surface area (Å²) in [6.45, 7) is 2.23. The van der Waals surface area contributed by atoms with Crippen LogP contribution in [0.15, 0.2) is 65.3 Å². The molecule has 1 N–H and O–H groups in total. The molecule has 2 aromatic carbocycles. The number of hydrogen-bond acceptors (Lipinski definition) is 5. The van der Waals surface area contributed by atoms with Gasteiger partial charge in [0.25, 0.3) is 11.8 Å². The molecule has 3 rings (SSSR count). The standard InChI is InChI=1S/C20H17ClN2O4/c1-2-11-27-20(26)13-7-6-8-14(12-13)22-17-16(21)18(24)23(19(17)25)15-9-4-3-5-10-15/h3-10,12,22H,2,11H2,1H3. The van der Waals surface area contributed by atoms with E-state index < -0.39 is 17.8 Å². The molecule has 0 radical (unpaired) electrons. The molecule has 0 atom stereocenters. The minimum atomic E-state index is -0.603. The molecule has 0 saturated heterocycles. The number of rotatable bonds is 6. The molecule has 2 amide bonds. The average molecular weight is 385 g/mol. The molecule has 0 aliphatic carbocycles. The fourth-order valence-electron chi connectivity index (χ4n) is 2.57. The Hall–Kier alpha value is -3.12. The van der Waals surface area contributed by atoms with Crippen LogP contribution in [0.1, 0.15) is 23.7 Å². The number of para-hydroxylation sites is 1. The fourth-order valence-corrected chi connectivity index (χ4v) is 2.78. The van der Waals surface area contributed by atoms with E-state index >= 15 is 0 Å². The number of imide groups is 1. The van der Waals surface area contributed by atoms with Crippen molar-refractivity contribution in [3.8, 4) is 0 Å². The monoisotopic (exact) mass is 384 g/mol. The van der Waals surface area contributed by atoms with Crippen LogP contribution in [0.5, 0.6) is 0 Å². The van der Waals surface area contributed by atoms with Gasteiger partial charge in [-0.3, -0.25) is 9.59 Å². The quantitative estimate of drug-likeness (QED) is 0.607. The van der Waals surface area contributed by atoms with Gasteiger partial charge in [-0.25, -0.2) is 9.69 Å². The van der Waals surface area contributed by atoms with Crippen LogP contribution in [0, 0.1) is 0 Å². The maximum Gasteiger partial charge on any atom is 0.338 e. The zero-order valence-corrected chi connectivity index (χ0v) is 15.3. The van der Waals surface area contributed by atoms with Crippen molar-refractivity contribution < 1.29 is 19.1 Å². The number of halogens is 1. The van der Waals surface area contributed by atoms with Gasteiger partial charge < -0.3 is 10.1 Å². The summed E-state index contributed by atoms with van der Waals surface area (Å²) < 4.78 is 5.10. The van der Waals surface area contributed by atoms with Crippen LogP contribution in [0.4, 0.5) is 11.4 Å². The van der Waals surface area contributed by atoms with Crippen molar-refractivity contribution in [1.29, 1.82) is 0 Å². The molecule has 7 heteroatoms. The van der Waals surface area contributed by atoms with Crippen molar-refractivity contribution in [3.63, 3.8) is 0 Å². The van der Waals surface area contributed by atoms with E-state index in [9.17, 15) is 14.4 Å². The van der Waals surface area contributed by atoms with E-state index in [0.29, 0.717) is 23.5 Å². The molecule has 0 fully saturated rings. The summed E-state index contributed by atoms with van der Waals surface area (Å²) in [6.07, 6.45) is 0.720. The second-order valence-electron chi connectivity index (χ2n) is 5.81. The normalized spacial score (nSPS) is 13.9. The molecule has 27 heavy (non-hydrogen) atoms. The van der Waals surface area contributed by atoms with E-state index in [1.54, 1.807) is 48.5 Å². The lowest BCUT2D eigenvalue weighted by Gasteiger charge is -2.15. The highest BCUT2D eigenvalue weighted by Crippen LogP contribution is 2.30. The molecule has 1 aliphatic rings. The predicted octanol–water partition coefficient (Wildman–Crippen LogP) is 3.69. The number of nitrogens with one attached hydrogen (secondary N) is 1. The van der Waals surface area contributed by atoms with Gasteiger partial charge in [0, 0.05) is 5.69 Å². The number of hydrogen-bond donors (Lipinski definition) is 1. The summed E-state index contributed by atoms with van der Waals surface area (Å²) in [7, 11) is 0. The molecule has 2 aromatic rings. The Bertz CT molecular complexity index is 925. The number of carbonyl (C=O) groups excluding carboxylic acids is 3. The molecule has 6 nitrogen and oxygen atoms in total. The zero-order valence-electron chi connectivity index (χ0n) is 14.6. The highest BCUT2D eigenvalue weighted by molar-refractivity contribution is 6.53. The van der Waals surface area contributed by atoms with Gasteiger partial charge in [-0.2, -0.15) is 0 Å². The Kier molecular flexibility index (Phi) is 5.57. The molecule has 1 aliphatic heterocycles. The number of carbonyl (C=O) groups is 3. The van der Waals surface area contributed by atoms with Gasteiger partial charge in [0.1, 0.15) is 10.7 Å². The smallest absolute Gasteiger partial charge is 0.338 e. The van der Waals surface area contributed by atoms with E-state index in [1.807, 2.05) is 6.92 Å². The van der Waals surface area contributed by atoms with Gasteiger partial charge in [0.15, 0.2) is 0 Å². The van der Waals surface area contributed by atoms with E-state index in [1.165, 1.54) is 6.07 Å². The maximum absolute atomic E-state index is 12.7. The fraction of sp³-hybridized carbons (Fsp3) is 0.150. The molecule has 0 spiro atoms. The molecule has 138 valence electrons. The molecule has 0 saturated carbocycles. The van der Waals surface area contributed by atoms with Gasteiger partial charge in [-0.1, -0.05) is 42.8 Å². The predicted molar refractivity (Wildman–Crippen MR) is 102 cm³/mol. The number of benzene rings is 2. The average Bonchev–Trinajstić information content (AvgIpc) is 2.90. The highest BCUT2D eigenvalue weighted by atomic mass is 35.5. The highest BCUT2D eigenvalue weighted by Gasteiger charge is 2.38. The third-order valence-corrected chi connectivity index (χ3v) is 4.20. The van der Waals surface area contributed by atoms with E-state index in [-0.39, 0.29) is 10.7 Å². The minimum absolute atomic E-state index is 0.0374. The lowest BCUT2D eigenvalue weighted by atomic mass is 10.2. The third-order valence-electron chi connectivity index (χ3n) is 3.85. The Balaban J connectivity index is 1.82. The van der Waals surface area contributed by atoms with Gasteiger partial charge in [-0.05, 0) is 36.8 Å². The van der Waals surface area contributed by atoms with Crippen molar-refractivity contribution in [2.45, 2.75) is 13.3 Å². The number of anilines is 2. The van der Waals surface area contributed by atoms with Crippen LogP contribution in [0.25, 0.3) is 0 Å². The molecular weight excluding hydrogens is 368 g/mol. The lowest BCUT2D eigenvalue weighted by molar-refractivity contribution is -0.120. The SMILES string of the molecule is CCCOC(=O)c1cccc(NC2=C(Cl)C(=O)N(c3ccccc3)C2=O)c1. The molecule has 1 heterocycles. The Morgan fingerprint density at radius 2 is 1.81 bits per heavy atom. The van der Waals surface area contributed by atoms with Crippen molar-refractivity contribution in [2.24, 2.45) is 0 Å². The Morgan fingerprint density at radius 1 is 1.07 bits per heavy atom. The van der Waals surface area contributed by atoms with Gasteiger partial charge >= 0.3 is 5.97 Å². The minimum Gasteiger partial charge on any atom is -0.462 e. The summed E-state index contributed by atoms with van der Waals surface area (Å²) >= 11 is 6.10. The summed E-state index contributed by atoms with van der Waals surface area (Å²) in [5.41, 5.74) is 1.18. The Morgan fingerprint density at radius 3 is 2.52 bits per heavy atom. The first-order valence-electron chi connectivity index (χ1n) is 8.40. The van der Waals surface area contributed by atoms with Gasteiger partial charge in [0.2, 0.25) is 0 Å². The van der Waals surface area contributed by atoms with Crippen molar-refractivity contribution >= 4 is 40.8 Å². The van der Waals surface area contributed by atoms with Gasteiger partial charge in [-0.15, -0.1) is 0 Å². The van der Waals surface area contributed by atoms with Crippen LogP contribution >= 0.6 is 11.6 Å². The number of amides is 2. The van der Waals surface area contributed by atoms with Crippen molar-refractivity contribution in [3.05, 3.63) is 70.9 Å². The largest absolute Gasteiger partial charge is 0.462 e. The molecule has 0 bridgehead atoms. The first-order valence-corrected chi connectivity index (χ1v) is 8.78. The molecular formula is C20H17ClN2O4. The van der Waals surface area contributed by atoms with Crippen LogP contribution in [0.2, 0.25) is 0 Å². The van der Waals surface area contributed by atoms with Crippen LogP contribution in [-0.4, -0.2) is 24.4 Å². The van der Waals surface area contributed by atoms with Gasteiger partial charge in [0.05, 0.1) is 17.9 Å². The molecule has 0 unspecified atom stereocenters. The van der Waals surface area contributed by atoms with Crippen molar-refractivity contribution in [1.82, 2.24) is 0 Å². The first-order chi connectivity index (χ1) is 13.0. The molecule has 0 aromatic heterocycles. The number of ether oxygens (including phenoxy) is 1. The second kappa shape index (κ2) is 8.05. The Labute approximate surface area is 161 Å². The van der Waals surface area contributed by atoms with Crippen LogP contribution in [-0.2, 0) is 14.3 Å². The summed E-state index contributed by atoms with van der Waals surface area (Å²) in [4.78, 5) is 38.1. The topological polar surface area (TPSA) is 75.7 Å². The lowest BCUT2D eigenvalue weighted by Crippen LogP contribution is -2.32. The van der Waals surface area contributed by atoms with E-state index in [4.69, 9.17) is 16.3 Å². The number of esters is 1. The number of nitrogens with zero attached hydrogens (tertiary/aromatic N) is 1. The third kappa shape index (κ3) is 3.85.